The Labute approximate surface area is 122 Å². The molecule has 2 aromatic rings. The van der Waals surface area contributed by atoms with E-state index in [0.29, 0.717) is 5.92 Å². The van der Waals surface area contributed by atoms with Crippen molar-refractivity contribution in [2.75, 3.05) is 13.1 Å². The van der Waals surface area contributed by atoms with Crippen molar-refractivity contribution in [1.29, 1.82) is 0 Å². The minimum atomic E-state index is 0.579. The van der Waals surface area contributed by atoms with E-state index in [0.717, 1.165) is 31.7 Å². The Kier molecular flexibility index (Phi) is 5.87. The molecule has 0 aliphatic carbocycles. The van der Waals surface area contributed by atoms with Gasteiger partial charge < -0.3 is 9.73 Å². The number of hydrogen-bond acceptors (Lipinski definition) is 2. The number of rotatable bonds is 8. The van der Waals surface area contributed by atoms with Crippen LogP contribution in [-0.4, -0.2) is 13.1 Å². The highest BCUT2D eigenvalue weighted by Gasteiger charge is 2.12. The smallest absolute Gasteiger partial charge is 0.104 e. The van der Waals surface area contributed by atoms with Crippen LogP contribution < -0.4 is 5.32 Å². The molecule has 0 radical (unpaired) electrons. The summed E-state index contributed by atoms with van der Waals surface area (Å²) in [5.41, 5.74) is 2.73. The van der Waals surface area contributed by atoms with E-state index in [4.69, 9.17) is 4.42 Å². The third kappa shape index (κ3) is 4.86. The molecule has 1 unspecified atom stereocenters. The van der Waals surface area contributed by atoms with Gasteiger partial charge in [0.15, 0.2) is 0 Å². The third-order valence-corrected chi connectivity index (χ3v) is 3.57. The summed E-state index contributed by atoms with van der Waals surface area (Å²) in [6, 6.07) is 12.9. The first-order chi connectivity index (χ1) is 9.78. The first-order valence-corrected chi connectivity index (χ1v) is 7.56. The van der Waals surface area contributed by atoms with Gasteiger partial charge in [0.25, 0.3) is 0 Å². The molecule has 2 rings (SSSR count). The summed E-state index contributed by atoms with van der Waals surface area (Å²) in [6.45, 7) is 6.46. The molecule has 0 aliphatic rings. The van der Waals surface area contributed by atoms with Gasteiger partial charge >= 0.3 is 0 Å². The van der Waals surface area contributed by atoms with E-state index in [9.17, 15) is 0 Å². The van der Waals surface area contributed by atoms with Gasteiger partial charge in [0, 0.05) is 6.42 Å². The molecule has 0 saturated carbocycles. The number of benzene rings is 1. The molecule has 2 heteroatoms. The van der Waals surface area contributed by atoms with E-state index in [-0.39, 0.29) is 0 Å². The van der Waals surface area contributed by atoms with Gasteiger partial charge in [-0.1, -0.05) is 36.8 Å². The zero-order valence-electron chi connectivity index (χ0n) is 12.6. The van der Waals surface area contributed by atoms with Crippen molar-refractivity contribution in [3.63, 3.8) is 0 Å². The van der Waals surface area contributed by atoms with Gasteiger partial charge in [-0.15, -0.1) is 0 Å². The Morgan fingerprint density at radius 2 is 1.90 bits per heavy atom. The maximum atomic E-state index is 5.50. The van der Waals surface area contributed by atoms with Crippen LogP contribution >= 0.6 is 0 Å². The van der Waals surface area contributed by atoms with Crippen LogP contribution in [0, 0.1) is 12.8 Å². The van der Waals surface area contributed by atoms with Crippen molar-refractivity contribution in [2.24, 2.45) is 5.92 Å². The zero-order chi connectivity index (χ0) is 14.2. The van der Waals surface area contributed by atoms with Crippen LogP contribution in [0.3, 0.4) is 0 Å². The molecule has 2 nitrogen and oxygen atoms in total. The summed E-state index contributed by atoms with van der Waals surface area (Å²) >= 11 is 0. The van der Waals surface area contributed by atoms with Gasteiger partial charge in [0.05, 0.1) is 6.26 Å². The van der Waals surface area contributed by atoms with Crippen LogP contribution in [0.25, 0.3) is 0 Å². The van der Waals surface area contributed by atoms with E-state index in [1.807, 2.05) is 6.07 Å². The van der Waals surface area contributed by atoms with Gasteiger partial charge in [-0.05, 0) is 56.5 Å². The van der Waals surface area contributed by atoms with E-state index >= 15 is 0 Å². The van der Waals surface area contributed by atoms with Crippen molar-refractivity contribution in [3.05, 3.63) is 59.5 Å². The largest absolute Gasteiger partial charge is 0.469 e. The molecule has 20 heavy (non-hydrogen) atoms. The van der Waals surface area contributed by atoms with Crippen molar-refractivity contribution >= 4 is 0 Å². The second-order valence-corrected chi connectivity index (χ2v) is 5.54. The molecule has 0 amide bonds. The van der Waals surface area contributed by atoms with Gasteiger partial charge in [-0.3, -0.25) is 0 Å². The van der Waals surface area contributed by atoms with Crippen LogP contribution in [0.4, 0.5) is 0 Å². The molecule has 0 spiro atoms. The van der Waals surface area contributed by atoms with Crippen molar-refractivity contribution in [2.45, 2.75) is 33.1 Å². The van der Waals surface area contributed by atoms with Crippen LogP contribution in [0.2, 0.25) is 0 Å². The molecule has 1 atom stereocenters. The number of hydrogen-bond donors (Lipinski definition) is 1. The van der Waals surface area contributed by atoms with Gasteiger partial charge in [-0.25, -0.2) is 0 Å². The number of nitrogens with one attached hydrogen (secondary N) is 1. The zero-order valence-corrected chi connectivity index (χ0v) is 12.6. The molecule has 0 fully saturated rings. The summed E-state index contributed by atoms with van der Waals surface area (Å²) < 4.78 is 5.50. The Morgan fingerprint density at radius 1 is 1.10 bits per heavy atom. The normalized spacial score (nSPS) is 12.5. The summed E-state index contributed by atoms with van der Waals surface area (Å²) in [4.78, 5) is 0. The Balaban J connectivity index is 1.95. The second-order valence-electron chi connectivity index (χ2n) is 5.54. The fourth-order valence-corrected chi connectivity index (χ4v) is 2.47. The molecular weight excluding hydrogens is 246 g/mol. The molecule has 0 bridgehead atoms. The standard InChI is InChI=1S/C18H25NO/c1-3-10-19-14-17(13-18-5-4-11-20-18)12-16-8-6-15(2)7-9-16/h4-9,11,17,19H,3,10,12-14H2,1-2H3. The summed E-state index contributed by atoms with van der Waals surface area (Å²) in [5, 5.41) is 3.54. The molecule has 1 aromatic carbocycles. The van der Waals surface area contributed by atoms with Crippen LogP contribution in [0.5, 0.6) is 0 Å². The number of aryl methyl sites for hydroxylation is 1. The molecule has 1 aromatic heterocycles. The Hall–Kier alpha value is -1.54. The van der Waals surface area contributed by atoms with Crippen molar-refractivity contribution in [3.8, 4) is 0 Å². The third-order valence-electron chi connectivity index (χ3n) is 3.57. The van der Waals surface area contributed by atoms with Crippen LogP contribution in [0.1, 0.15) is 30.2 Å². The predicted molar refractivity (Wildman–Crippen MR) is 83.9 cm³/mol. The summed E-state index contributed by atoms with van der Waals surface area (Å²) in [7, 11) is 0. The average molecular weight is 271 g/mol. The fraction of sp³-hybridized carbons (Fsp3) is 0.444. The van der Waals surface area contributed by atoms with E-state index < -0.39 is 0 Å². The average Bonchev–Trinajstić information content (AvgIpc) is 2.94. The lowest BCUT2D eigenvalue weighted by atomic mass is 9.94. The highest BCUT2D eigenvalue weighted by Crippen LogP contribution is 2.15. The van der Waals surface area contributed by atoms with Crippen molar-refractivity contribution in [1.82, 2.24) is 5.32 Å². The number of furan rings is 1. The van der Waals surface area contributed by atoms with Gasteiger partial charge in [0.1, 0.15) is 5.76 Å². The molecular formula is C18H25NO. The monoisotopic (exact) mass is 271 g/mol. The fourth-order valence-electron chi connectivity index (χ4n) is 2.47. The maximum absolute atomic E-state index is 5.50. The minimum Gasteiger partial charge on any atom is -0.469 e. The molecule has 108 valence electrons. The quantitative estimate of drug-likeness (QED) is 0.734. The summed E-state index contributed by atoms with van der Waals surface area (Å²) in [5.74, 6) is 1.66. The predicted octanol–water partition coefficient (Wildman–Crippen LogP) is 3.99. The molecule has 1 heterocycles. The first kappa shape index (κ1) is 14.9. The van der Waals surface area contributed by atoms with Crippen LogP contribution in [-0.2, 0) is 12.8 Å². The van der Waals surface area contributed by atoms with E-state index in [2.05, 4.69) is 49.5 Å². The van der Waals surface area contributed by atoms with Gasteiger partial charge in [-0.2, -0.15) is 0 Å². The topological polar surface area (TPSA) is 25.2 Å². The minimum absolute atomic E-state index is 0.579. The molecule has 0 saturated heterocycles. The van der Waals surface area contributed by atoms with Gasteiger partial charge in [0.2, 0.25) is 0 Å². The molecule has 0 aliphatic heterocycles. The highest BCUT2D eigenvalue weighted by molar-refractivity contribution is 5.22. The van der Waals surface area contributed by atoms with Crippen LogP contribution in [0.15, 0.2) is 47.1 Å². The van der Waals surface area contributed by atoms with E-state index in [1.165, 1.54) is 17.5 Å². The Morgan fingerprint density at radius 3 is 2.55 bits per heavy atom. The maximum Gasteiger partial charge on any atom is 0.104 e. The second kappa shape index (κ2) is 7.91. The lowest BCUT2D eigenvalue weighted by Gasteiger charge is -2.17. The lowest BCUT2D eigenvalue weighted by molar-refractivity contribution is 0.415. The van der Waals surface area contributed by atoms with Crippen molar-refractivity contribution < 1.29 is 4.42 Å². The summed E-state index contributed by atoms with van der Waals surface area (Å²) in [6.07, 6.45) is 5.03. The first-order valence-electron chi connectivity index (χ1n) is 7.56. The lowest BCUT2D eigenvalue weighted by Crippen LogP contribution is -2.26. The SMILES string of the molecule is CCCNCC(Cc1ccc(C)cc1)Cc1ccco1. The Bertz CT molecular complexity index is 473. The highest BCUT2D eigenvalue weighted by atomic mass is 16.3. The molecule has 1 N–H and O–H groups in total. The van der Waals surface area contributed by atoms with E-state index in [1.54, 1.807) is 6.26 Å².